The fraction of sp³-hybridized carbons (Fsp3) is 0.414. The molecule has 1 aliphatic heterocycles. The van der Waals surface area contributed by atoms with Crippen molar-refractivity contribution in [3.63, 3.8) is 0 Å². The van der Waals surface area contributed by atoms with E-state index in [1.54, 1.807) is 7.11 Å². The number of hydrogen-bond acceptors (Lipinski definition) is 8. The number of nitrogens with zero attached hydrogens (tertiary/aromatic N) is 5. The maximum absolute atomic E-state index is 5.47. The Labute approximate surface area is 223 Å². The van der Waals surface area contributed by atoms with Crippen LogP contribution in [0, 0.1) is 0 Å². The highest BCUT2D eigenvalue weighted by Crippen LogP contribution is 2.33. The van der Waals surface area contributed by atoms with Crippen molar-refractivity contribution in [3.8, 4) is 5.75 Å². The van der Waals surface area contributed by atoms with Gasteiger partial charge in [-0.15, -0.1) is 0 Å². The van der Waals surface area contributed by atoms with Gasteiger partial charge in [0.2, 0.25) is 5.95 Å². The molecule has 6 rings (SSSR count). The van der Waals surface area contributed by atoms with E-state index >= 15 is 0 Å². The normalized spacial score (nSPS) is 16.7. The standard InChI is InChI=1S/C29H35N7O2/c1-37-25-12-8-21(9-13-25)18-30-29-33-27(26-28(34-29)36(20-31-26)24-4-2-3-5-24)32-23-10-6-22(7-11-23)19-35-14-16-38-17-15-35/h6-13,20,24H,2-5,14-19H2,1H3,(H2,30,32,33,34). The number of nitrogens with one attached hydrogen (secondary N) is 2. The van der Waals surface area contributed by atoms with Gasteiger partial charge in [0.15, 0.2) is 17.0 Å². The highest BCUT2D eigenvalue weighted by molar-refractivity contribution is 5.86. The van der Waals surface area contributed by atoms with Gasteiger partial charge in [-0.2, -0.15) is 9.97 Å². The van der Waals surface area contributed by atoms with Crippen molar-refractivity contribution in [1.82, 2.24) is 24.4 Å². The zero-order chi connectivity index (χ0) is 25.7. The number of ether oxygens (including phenoxy) is 2. The first-order valence-electron chi connectivity index (χ1n) is 13.5. The largest absolute Gasteiger partial charge is 0.497 e. The van der Waals surface area contributed by atoms with Gasteiger partial charge in [-0.05, 0) is 48.2 Å². The molecule has 0 radical (unpaired) electrons. The molecule has 4 aromatic rings. The van der Waals surface area contributed by atoms with Gasteiger partial charge >= 0.3 is 0 Å². The Bertz CT molecular complexity index is 1340. The van der Waals surface area contributed by atoms with Crippen LogP contribution in [-0.2, 0) is 17.8 Å². The second-order valence-corrected chi connectivity index (χ2v) is 10.1. The quantitative estimate of drug-likeness (QED) is 0.318. The third-order valence-electron chi connectivity index (χ3n) is 7.48. The van der Waals surface area contributed by atoms with Gasteiger partial charge in [-0.25, -0.2) is 4.98 Å². The van der Waals surface area contributed by atoms with E-state index in [0.29, 0.717) is 24.4 Å². The number of fused-ring (bicyclic) bond motifs is 1. The van der Waals surface area contributed by atoms with Crippen molar-refractivity contribution in [2.24, 2.45) is 0 Å². The Morgan fingerprint density at radius 2 is 1.68 bits per heavy atom. The van der Waals surface area contributed by atoms with Crippen LogP contribution in [0.1, 0.15) is 42.9 Å². The van der Waals surface area contributed by atoms with E-state index in [1.807, 2.05) is 30.6 Å². The molecule has 0 unspecified atom stereocenters. The van der Waals surface area contributed by atoms with Crippen molar-refractivity contribution < 1.29 is 9.47 Å². The monoisotopic (exact) mass is 513 g/mol. The number of hydrogen-bond donors (Lipinski definition) is 2. The molecule has 1 saturated carbocycles. The summed E-state index contributed by atoms with van der Waals surface area (Å²) in [5.41, 5.74) is 5.06. The van der Waals surface area contributed by atoms with Crippen LogP contribution in [0.4, 0.5) is 17.5 Å². The van der Waals surface area contributed by atoms with E-state index in [4.69, 9.17) is 24.4 Å². The average Bonchev–Trinajstić information content (AvgIpc) is 3.64. The molecule has 9 heteroatoms. The summed E-state index contributed by atoms with van der Waals surface area (Å²) in [6.45, 7) is 5.14. The first-order valence-corrected chi connectivity index (χ1v) is 13.5. The van der Waals surface area contributed by atoms with Crippen LogP contribution in [0.3, 0.4) is 0 Å². The molecule has 198 valence electrons. The van der Waals surface area contributed by atoms with Gasteiger partial charge in [0.25, 0.3) is 0 Å². The van der Waals surface area contributed by atoms with E-state index < -0.39 is 0 Å². The van der Waals surface area contributed by atoms with E-state index in [9.17, 15) is 0 Å². The Kier molecular flexibility index (Phi) is 7.37. The van der Waals surface area contributed by atoms with Gasteiger partial charge in [-0.3, -0.25) is 4.90 Å². The molecule has 2 aromatic carbocycles. The number of imidazole rings is 1. The maximum Gasteiger partial charge on any atom is 0.227 e. The molecule has 1 aliphatic carbocycles. The van der Waals surface area contributed by atoms with E-state index in [0.717, 1.165) is 73.9 Å². The highest BCUT2D eigenvalue weighted by Gasteiger charge is 2.22. The van der Waals surface area contributed by atoms with Crippen molar-refractivity contribution in [1.29, 1.82) is 0 Å². The summed E-state index contributed by atoms with van der Waals surface area (Å²) in [6, 6.07) is 17.0. The third-order valence-corrected chi connectivity index (χ3v) is 7.48. The van der Waals surface area contributed by atoms with Crippen LogP contribution >= 0.6 is 0 Å². The molecule has 1 saturated heterocycles. The van der Waals surface area contributed by atoms with Gasteiger partial charge in [0, 0.05) is 37.9 Å². The van der Waals surface area contributed by atoms with Gasteiger partial charge < -0.3 is 24.7 Å². The number of aromatic nitrogens is 4. The number of benzene rings is 2. The number of anilines is 3. The zero-order valence-electron chi connectivity index (χ0n) is 21.9. The first-order chi connectivity index (χ1) is 18.7. The lowest BCUT2D eigenvalue weighted by atomic mass is 10.2. The summed E-state index contributed by atoms with van der Waals surface area (Å²) in [7, 11) is 1.68. The van der Waals surface area contributed by atoms with Crippen molar-refractivity contribution in [2.45, 2.75) is 44.8 Å². The minimum absolute atomic E-state index is 0.441. The van der Waals surface area contributed by atoms with Crippen molar-refractivity contribution in [3.05, 3.63) is 66.0 Å². The first kappa shape index (κ1) is 24.6. The lowest BCUT2D eigenvalue weighted by molar-refractivity contribution is 0.0342. The average molecular weight is 514 g/mol. The molecule has 2 aliphatic rings. The molecule has 3 heterocycles. The second kappa shape index (κ2) is 11.4. The predicted molar refractivity (Wildman–Crippen MR) is 149 cm³/mol. The zero-order valence-corrected chi connectivity index (χ0v) is 21.9. The third kappa shape index (κ3) is 5.58. The molecule has 9 nitrogen and oxygen atoms in total. The molecule has 0 amide bonds. The van der Waals surface area contributed by atoms with Crippen LogP contribution in [-0.4, -0.2) is 57.8 Å². The minimum Gasteiger partial charge on any atom is -0.497 e. The second-order valence-electron chi connectivity index (χ2n) is 10.1. The minimum atomic E-state index is 0.441. The SMILES string of the molecule is COc1ccc(CNc2nc(Nc3ccc(CN4CCOCC4)cc3)c3ncn(C4CCCC4)c3n2)cc1. The van der Waals surface area contributed by atoms with Crippen molar-refractivity contribution >= 4 is 28.6 Å². The topological polar surface area (TPSA) is 89.4 Å². The maximum atomic E-state index is 5.47. The van der Waals surface area contributed by atoms with Gasteiger partial charge in [-0.1, -0.05) is 37.1 Å². The van der Waals surface area contributed by atoms with E-state index in [-0.39, 0.29) is 0 Å². The smallest absolute Gasteiger partial charge is 0.227 e. The molecule has 0 atom stereocenters. The molecule has 2 fully saturated rings. The summed E-state index contributed by atoms with van der Waals surface area (Å²) in [6.07, 6.45) is 6.76. The molecule has 0 spiro atoms. The molecule has 0 bridgehead atoms. The summed E-state index contributed by atoms with van der Waals surface area (Å²) >= 11 is 0. The van der Waals surface area contributed by atoms with Crippen molar-refractivity contribution in [2.75, 3.05) is 44.0 Å². The summed E-state index contributed by atoms with van der Waals surface area (Å²) in [4.78, 5) is 16.9. The summed E-state index contributed by atoms with van der Waals surface area (Å²) < 4.78 is 13.0. The Balaban J connectivity index is 1.24. The van der Waals surface area contributed by atoms with Crippen LogP contribution in [0.5, 0.6) is 5.75 Å². The lowest BCUT2D eigenvalue weighted by Gasteiger charge is -2.26. The fourth-order valence-electron chi connectivity index (χ4n) is 5.30. The Morgan fingerprint density at radius 3 is 2.42 bits per heavy atom. The Hall–Kier alpha value is -3.69. The molecular weight excluding hydrogens is 478 g/mol. The summed E-state index contributed by atoms with van der Waals surface area (Å²) in [5, 5.41) is 6.94. The number of morpholine rings is 1. The van der Waals surface area contributed by atoms with Crippen LogP contribution in [0.2, 0.25) is 0 Å². The van der Waals surface area contributed by atoms with E-state index in [1.165, 1.54) is 18.4 Å². The van der Waals surface area contributed by atoms with Crippen LogP contribution < -0.4 is 15.4 Å². The van der Waals surface area contributed by atoms with Crippen LogP contribution in [0.15, 0.2) is 54.9 Å². The van der Waals surface area contributed by atoms with Gasteiger partial charge in [0.1, 0.15) is 5.75 Å². The number of rotatable bonds is 9. The Morgan fingerprint density at radius 1 is 0.947 bits per heavy atom. The van der Waals surface area contributed by atoms with Crippen LogP contribution in [0.25, 0.3) is 11.2 Å². The number of methoxy groups -OCH3 is 1. The van der Waals surface area contributed by atoms with Gasteiger partial charge in [0.05, 0.1) is 26.7 Å². The summed E-state index contributed by atoms with van der Waals surface area (Å²) in [5.74, 6) is 2.14. The molecular formula is C29H35N7O2. The van der Waals surface area contributed by atoms with E-state index in [2.05, 4.69) is 44.4 Å². The fourth-order valence-corrected chi connectivity index (χ4v) is 5.30. The highest BCUT2D eigenvalue weighted by atomic mass is 16.5. The molecule has 38 heavy (non-hydrogen) atoms. The predicted octanol–water partition coefficient (Wildman–Crippen LogP) is 5.14. The molecule has 2 aromatic heterocycles. The lowest BCUT2D eigenvalue weighted by Crippen LogP contribution is -2.35. The molecule has 2 N–H and O–H groups in total.